The fourth-order valence-electron chi connectivity index (χ4n) is 1.75. The maximum atomic E-state index is 11.4. The summed E-state index contributed by atoms with van der Waals surface area (Å²) >= 11 is 0. The third-order valence-electron chi connectivity index (χ3n) is 2.83. The van der Waals surface area contributed by atoms with Crippen molar-refractivity contribution in [3.8, 4) is 5.75 Å². The quantitative estimate of drug-likeness (QED) is 0.862. The number of fused-ring (bicyclic) bond motifs is 1. The van der Waals surface area contributed by atoms with Crippen LogP contribution in [0.1, 0.15) is 19.4 Å². The molecule has 1 N–H and O–H groups in total. The van der Waals surface area contributed by atoms with E-state index in [9.17, 15) is 4.79 Å². The van der Waals surface area contributed by atoms with Crippen LogP contribution in [0.4, 0.5) is 5.69 Å². The summed E-state index contributed by atoms with van der Waals surface area (Å²) in [5, 5.41) is 3.35. The smallest absolute Gasteiger partial charge is 0.264 e. The Morgan fingerprint density at radius 2 is 2.24 bits per heavy atom. The molecular weight excluding hydrogens is 216 g/mol. The highest BCUT2D eigenvalue weighted by Crippen LogP contribution is 2.31. The van der Waals surface area contributed by atoms with Crippen LogP contribution in [0, 0.1) is 0 Å². The predicted octanol–water partition coefficient (Wildman–Crippen LogP) is 1.54. The van der Waals surface area contributed by atoms with E-state index in [1.165, 1.54) is 5.56 Å². The van der Waals surface area contributed by atoms with Gasteiger partial charge in [0.2, 0.25) is 0 Å². The Balaban J connectivity index is 2.17. The zero-order chi connectivity index (χ0) is 12.4. The van der Waals surface area contributed by atoms with Crippen LogP contribution < -0.4 is 15.0 Å². The van der Waals surface area contributed by atoms with Crippen molar-refractivity contribution >= 4 is 11.6 Å². The normalized spacial score (nSPS) is 14.8. The van der Waals surface area contributed by atoms with Gasteiger partial charge in [-0.15, -0.1) is 0 Å². The van der Waals surface area contributed by atoms with Gasteiger partial charge in [-0.3, -0.25) is 4.79 Å². The van der Waals surface area contributed by atoms with Gasteiger partial charge in [-0.1, -0.05) is 19.9 Å². The first kappa shape index (κ1) is 11.9. The molecule has 0 saturated heterocycles. The SMILES string of the molecule is CC(C)NCc1ccc2c(c1)OCC(=O)N2C. The van der Waals surface area contributed by atoms with Gasteiger partial charge in [0.05, 0.1) is 5.69 Å². The summed E-state index contributed by atoms with van der Waals surface area (Å²) in [5.41, 5.74) is 2.01. The second kappa shape index (κ2) is 4.75. The summed E-state index contributed by atoms with van der Waals surface area (Å²) in [4.78, 5) is 13.1. The van der Waals surface area contributed by atoms with Gasteiger partial charge < -0.3 is 15.0 Å². The van der Waals surface area contributed by atoms with E-state index in [2.05, 4.69) is 19.2 Å². The van der Waals surface area contributed by atoms with Crippen molar-refractivity contribution in [3.05, 3.63) is 23.8 Å². The molecule has 0 unspecified atom stereocenters. The largest absolute Gasteiger partial charge is 0.482 e. The highest BCUT2D eigenvalue weighted by molar-refractivity contribution is 5.97. The number of amides is 1. The molecule has 4 heteroatoms. The fourth-order valence-corrected chi connectivity index (χ4v) is 1.75. The highest BCUT2D eigenvalue weighted by atomic mass is 16.5. The van der Waals surface area contributed by atoms with Crippen LogP contribution >= 0.6 is 0 Å². The van der Waals surface area contributed by atoms with Crippen LogP contribution in [-0.2, 0) is 11.3 Å². The standard InChI is InChI=1S/C13H18N2O2/c1-9(2)14-7-10-4-5-11-12(6-10)17-8-13(16)15(11)3/h4-6,9,14H,7-8H2,1-3H3. The molecule has 0 aliphatic carbocycles. The van der Waals surface area contributed by atoms with Crippen molar-refractivity contribution < 1.29 is 9.53 Å². The molecule has 92 valence electrons. The number of ether oxygens (including phenoxy) is 1. The maximum Gasteiger partial charge on any atom is 0.264 e. The Morgan fingerprint density at radius 3 is 2.94 bits per heavy atom. The molecule has 17 heavy (non-hydrogen) atoms. The number of carbonyl (C=O) groups is 1. The summed E-state index contributed by atoms with van der Waals surface area (Å²) in [6.45, 7) is 5.17. The number of carbonyl (C=O) groups excluding carboxylic acids is 1. The van der Waals surface area contributed by atoms with Gasteiger partial charge in [0.1, 0.15) is 5.75 Å². The van der Waals surface area contributed by atoms with Crippen molar-refractivity contribution in [3.63, 3.8) is 0 Å². The first-order valence-electron chi connectivity index (χ1n) is 5.83. The van der Waals surface area contributed by atoms with Crippen molar-refractivity contribution in [2.24, 2.45) is 0 Å². The van der Waals surface area contributed by atoms with E-state index < -0.39 is 0 Å². The van der Waals surface area contributed by atoms with E-state index in [4.69, 9.17) is 4.74 Å². The van der Waals surface area contributed by atoms with Gasteiger partial charge in [-0.05, 0) is 17.7 Å². The molecule has 1 aliphatic heterocycles. The van der Waals surface area contributed by atoms with E-state index in [1.807, 2.05) is 18.2 Å². The van der Waals surface area contributed by atoms with Crippen LogP contribution in [0.5, 0.6) is 5.75 Å². The molecule has 0 atom stereocenters. The molecule has 0 fully saturated rings. The molecule has 1 aromatic rings. The first-order chi connectivity index (χ1) is 8.08. The zero-order valence-corrected chi connectivity index (χ0v) is 10.5. The minimum absolute atomic E-state index is 0.00874. The Hall–Kier alpha value is -1.55. The number of nitrogens with zero attached hydrogens (tertiary/aromatic N) is 1. The number of hydrogen-bond donors (Lipinski definition) is 1. The van der Waals surface area contributed by atoms with Crippen LogP contribution in [-0.4, -0.2) is 25.6 Å². The Kier molecular flexibility index (Phi) is 3.33. The Morgan fingerprint density at radius 1 is 1.47 bits per heavy atom. The maximum absolute atomic E-state index is 11.4. The van der Waals surface area contributed by atoms with Gasteiger partial charge in [0.25, 0.3) is 5.91 Å². The lowest BCUT2D eigenvalue weighted by Gasteiger charge is -2.26. The van der Waals surface area contributed by atoms with E-state index in [1.54, 1.807) is 11.9 Å². The van der Waals surface area contributed by atoms with Gasteiger partial charge in [0, 0.05) is 19.6 Å². The average molecular weight is 234 g/mol. The molecule has 4 nitrogen and oxygen atoms in total. The number of likely N-dealkylation sites (N-methyl/N-ethyl adjacent to an activating group) is 1. The Bertz CT molecular complexity index is 429. The predicted molar refractivity (Wildman–Crippen MR) is 67.3 cm³/mol. The number of rotatable bonds is 3. The van der Waals surface area contributed by atoms with Crippen LogP contribution in [0.25, 0.3) is 0 Å². The zero-order valence-electron chi connectivity index (χ0n) is 10.5. The molecule has 1 aromatic carbocycles. The van der Waals surface area contributed by atoms with Crippen LogP contribution in [0.3, 0.4) is 0 Å². The highest BCUT2D eigenvalue weighted by Gasteiger charge is 2.21. The third-order valence-corrected chi connectivity index (χ3v) is 2.83. The number of nitrogens with one attached hydrogen (secondary N) is 1. The second-order valence-corrected chi connectivity index (χ2v) is 4.58. The topological polar surface area (TPSA) is 41.6 Å². The van der Waals surface area contributed by atoms with Crippen molar-refractivity contribution in [2.45, 2.75) is 26.4 Å². The Labute approximate surface area is 102 Å². The van der Waals surface area contributed by atoms with E-state index in [-0.39, 0.29) is 12.5 Å². The number of benzene rings is 1. The molecule has 0 spiro atoms. The lowest BCUT2D eigenvalue weighted by molar-refractivity contribution is -0.120. The summed E-state index contributed by atoms with van der Waals surface area (Å²) in [6, 6.07) is 6.40. The van der Waals surface area contributed by atoms with Crippen molar-refractivity contribution in [2.75, 3.05) is 18.6 Å². The first-order valence-corrected chi connectivity index (χ1v) is 5.83. The monoisotopic (exact) mass is 234 g/mol. The minimum atomic E-state index is -0.00874. The van der Waals surface area contributed by atoms with E-state index in [0.29, 0.717) is 6.04 Å². The second-order valence-electron chi connectivity index (χ2n) is 4.58. The number of hydrogen-bond acceptors (Lipinski definition) is 3. The van der Waals surface area contributed by atoms with E-state index in [0.717, 1.165) is 18.0 Å². The summed E-state index contributed by atoms with van der Waals surface area (Å²) < 4.78 is 5.43. The molecule has 1 amide bonds. The lowest BCUT2D eigenvalue weighted by atomic mass is 10.1. The molecular formula is C13H18N2O2. The molecule has 0 aromatic heterocycles. The molecule has 1 aliphatic rings. The summed E-state index contributed by atoms with van der Waals surface area (Å²) in [7, 11) is 1.77. The summed E-state index contributed by atoms with van der Waals surface area (Å²) in [6.07, 6.45) is 0. The van der Waals surface area contributed by atoms with Gasteiger partial charge in [-0.2, -0.15) is 0 Å². The van der Waals surface area contributed by atoms with Gasteiger partial charge in [0.15, 0.2) is 6.61 Å². The molecule has 1 heterocycles. The number of anilines is 1. The van der Waals surface area contributed by atoms with Gasteiger partial charge >= 0.3 is 0 Å². The summed E-state index contributed by atoms with van der Waals surface area (Å²) in [5.74, 6) is 0.778. The van der Waals surface area contributed by atoms with E-state index >= 15 is 0 Å². The molecule has 0 bridgehead atoms. The molecule has 2 rings (SSSR count). The molecule has 0 saturated carbocycles. The van der Waals surface area contributed by atoms with Crippen molar-refractivity contribution in [1.82, 2.24) is 5.32 Å². The third kappa shape index (κ3) is 2.58. The fraction of sp³-hybridized carbons (Fsp3) is 0.462. The molecule has 0 radical (unpaired) electrons. The minimum Gasteiger partial charge on any atom is -0.482 e. The van der Waals surface area contributed by atoms with Crippen molar-refractivity contribution in [1.29, 1.82) is 0 Å². The van der Waals surface area contributed by atoms with Crippen LogP contribution in [0.15, 0.2) is 18.2 Å². The average Bonchev–Trinajstić information content (AvgIpc) is 2.31. The van der Waals surface area contributed by atoms with Gasteiger partial charge in [-0.25, -0.2) is 0 Å². The van der Waals surface area contributed by atoms with Crippen LogP contribution in [0.2, 0.25) is 0 Å². The lowest BCUT2D eigenvalue weighted by Crippen LogP contribution is -2.35.